The predicted molar refractivity (Wildman–Crippen MR) is 116 cm³/mol. The number of nitrogens with one attached hydrogen (secondary N) is 1. The molecule has 30 heavy (non-hydrogen) atoms. The Morgan fingerprint density at radius 1 is 1.37 bits per heavy atom. The minimum absolute atomic E-state index is 0.132. The van der Waals surface area contributed by atoms with Gasteiger partial charge in [-0.05, 0) is 63.8 Å². The van der Waals surface area contributed by atoms with E-state index < -0.39 is 0 Å². The highest BCUT2D eigenvalue weighted by Crippen LogP contribution is 2.35. The first kappa shape index (κ1) is 21.8. The summed E-state index contributed by atoms with van der Waals surface area (Å²) < 4.78 is 25.2. The van der Waals surface area contributed by atoms with E-state index in [1.165, 1.54) is 18.2 Å². The normalized spacial score (nSPS) is 16.4. The Morgan fingerprint density at radius 3 is 2.87 bits per heavy atom. The van der Waals surface area contributed by atoms with Crippen molar-refractivity contribution in [1.29, 1.82) is 0 Å². The van der Waals surface area contributed by atoms with Crippen molar-refractivity contribution in [3.05, 3.63) is 65.0 Å². The summed E-state index contributed by atoms with van der Waals surface area (Å²) in [7, 11) is 3.80. The average Bonchev–Trinajstić information content (AvgIpc) is 3.05. The van der Waals surface area contributed by atoms with Crippen LogP contribution in [0, 0.1) is 5.82 Å². The fourth-order valence-corrected chi connectivity index (χ4v) is 3.60. The SMILES string of the molecule is CCOc1cc2c(cc1/C=C/C(=O)NCC(c1cccc(F)c1)N(C)C)OC(C)C2. The predicted octanol–water partition coefficient (Wildman–Crippen LogP) is 3.98. The van der Waals surface area contributed by atoms with E-state index in [9.17, 15) is 9.18 Å². The number of rotatable bonds is 8. The Kier molecular flexibility index (Phi) is 7.11. The van der Waals surface area contributed by atoms with Gasteiger partial charge in [0.05, 0.1) is 12.6 Å². The first-order valence-electron chi connectivity index (χ1n) is 10.2. The molecule has 1 amide bonds. The van der Waals surface area contributed by atoms with Gasteiger partial charge in [0.2, 0.25) is 5.91 Å². The molecule has 1 N–H and O–H groups in total. The summed E-state index contributed by atoms with van der Waals surface area (Å²) in [5.74, 6) is 1.06. The fourth-order valence-electron chi connectivity index (χ4n) is 3.60. The van der Waals surface area contributed by atoms with Gasteiger partial charge in [0, 0.05) is 30.2 Å². The van der Waals surface area contributed by atoms with Gasteiger partial charge in [0.15, 0.2) is 0 Å². The molecule has 1 aliphatic heterocycles. The lowest BCUT2D eigenvalue weighted by molar-refractivity contribution is -0.116. The Hall–Kier alpha value is -2.86. The van der Waals surface area contributed by atoms with Crippen LogP contribution in [-0.4, -0.2) is 44.2 Å². The van der Waals surface area contributed by atoms with Crippen molar-refractivity contribution in [3.8, 4) is 11.5 Å². The van der Waals surface area contributed by atoms with Crippen LogP contribution in [0.2, 0.25) is 0 Å². The summed E-state index contributed by atoms with van der Waals surface area (Å²) in [5.41, 5.74) is 2.73. The van der Waals surface area contributed by atoms with Gasteiger partial charge in [-0.15, -0.1) is 0 Å². The van der Waals surface area contributed by atoms with Gasteiger partial charge >= 0.3 is 0 Å². The highest BCUT2D eigenvalue weighted by atomic mass is 19.1. The molecule has 2 atom stereocenters. The van der Waals surface area contributed by atoms with Crippen LogP contribution in [-0.2, 0) is 11.2 Å². The van der Waals surface area contributed by atoms with Crippen molar-refractivity contribution in [1.82, 2.24) is 10.2 Å². The topological polar surface area (TPSA) is 50.8 Å². The van der Waals surface area contributed by atoms with Crippen LogP contribution < -0.4 is 14.8 Å². The maximum atomic E-state index is 13.6. The number of fused-ring (bicyclic) bond motifs is 1. The Balaban J connectivity index is 1.69. The number of likely N-dealkylation sites (N-methyl/N-ethyl adjacent to an activating group) is 1. The third-order valence-electron chi connectivity index (χ3n) is 5.07. The second kappa shape index (κ2) is 9.76. The van der Waals surface area contributed by atoms with Gasteiger partial charge < -0.3 is 19.7 Å². The molecule has 0 saturated carbocycles. The summed E-state index contributed by atoms with van der Waals surface area (Å²) in [6.45, 7) is 4.87. The zero-order valence-electron chi connectivity index (χ0n) is 17.9. The van der Waals surface area contributed by atoms with Crippen LogP contribution in [0.1, 0.15) is 36.6 Å². The van der Waals surface area contributed by atoms with Crippen LogP contribution in [0.15, 0.2) is 42.5 Å². The van der Waals surface area contributed by atoms with Gasteiger partial charge in [-0.25, -0.2) is 4.39 Å². The Labute approximate surface area is 177 Å². The monoisotopic (exact) mass is 412 g/mol. The minimum Gasteiger partial charge on any atom is -0.493 e. The van der Waals surface area contributed by atoms with E-state index in [2.05, 4.69) is 5.32 Å². The van der Waals surface area contributed by atoms with Gasteiger partial charge in [-0.2, -0.15) is 0 Å². The summed E-state index contributed by atoms with van der Waals surface area (Å²) in [5, 5.41) is 2.90. The number of halogens is 1. The van der Waals surface area contributed by atoms with E-state index >= 15 is 0 Å². The van der Waals surface area contributed by atoms with Gasteiger partial charge in [-0.1, -0.05) is 12.1 Å². The molecule has 0 saturated heterocycles. The molecule has 2 unspecified atom stereocenters. The molecule has 0 fully saturated rings. The van der Waals surface area contributed by atoms with Crippen LogP contribution in [0.5, 0.6) is 11.5 Å². The molecule has 3 rings (SSSR count). The maximum absolute atomic E-state index is 13.6. The molecule has 1 aliphatic rings. The van der Waals surface area contributed by atoms with Crippen molar-refractivity contribution >= 4 is 12.0 Å². The number of nitrogens with zero attached hydrogens (tertiary/aromatic N) is 1. The maximum Gasteiger partial charge on any atom is 0.244 e. The van der Waals surface area contributed by atoms with E-state index in [4.69, 9.17) is 9.47 Å². The first-order chi connectivity index (χ1) is 14.4. The first-order valence-corrected chi connectivity index (χ1v) is 10.2. The van der Waals surface area contributed by atoms with Crippen molar-refractivity contribution in [2.45, 2.75) is 32.4 Å². The molecule has 5 nitrogen and oxygen atoms in total. The molecule has 160 valence electrons. The number of hydrogen-bond donors (Lipinski definition) is 1. The molecule has 0 bridgehead atoms. The molecule has 0 radical (unpaired) electrons. The quantitative estimate of drug-likeness (QED) is 0.667. The molecule has 2 aromatic rings. The second-order valence-corrected chi connectivity index (χ2v) is 7.68. The van der Waals surface area contributed by atoms with Gasteiger partial charge in [-0.3, -0.25) is 4.79 Å². The lowest BCUT2D eigenvalue weighted by Crippen LogP contribution is -2.33. The second-order valence-electron chi connectivity index (χ2n) is 7.68. The lowest BCUT2D eigenvalue weighted by Gasteiger charge is -2.25. The van der Waals surface area contributed by atoms with Gasteiger partial charge in [0.1, 0.15) is 23.4 Å². The van der Waals surface area contributed by atoms with Crippen molar-refractivity contribution in [3.63, 3.8) is 0 Å². The van der Waals surface area contributed by atoms with Crippen LogP contribution in [0.4, 0.5) is 4.39 Å². The van der Waals surface area contributed by atoms with Crippen molar-refractivity contribution < 1.29 is 18.7 Å². The van der Waals surface area contributed by atoms with Crippen molar-refractivity contribution in [2.75, 3.05) is 27.2 Å². The Bertz CT molecular complexity index is 927. The van der Waals surface area contributed by atoms with E-state index in [-0.39, 0.29) is 23.9 Å². The number of hydrogen-bond acceptors (Lipinski definition) is 4. The third-order valence-corrected chi connectivity index (χ3v) is 5.07. The Morgan fingerprint density at radius 2 is 2.17 bits per heavy atom. The minimum atomic E-state index is -0.290. The highest BCUT2D eigenvalue weighted by molar-refractivity contribution is 5.92. The summed E-state index contributed by atoms with van der Waals surface area (Å²) in [6.07, 6.45) is 4.22. The molecular weight excluding hydrogens is 383 g/mol. The summed E-state index contributed by atoms with van der Waals surface area (Å²) in [4.78, 5) is 14.4. The molecule has 2 aromatic carbocycles. The average molecular weight is 413 g/mol. The third kappa shape index (κ3) is 5.39. The van der Waals surface area contributed by atoms with Crippen LogP contribution >= 0.6 is 0 Å². The summed E-state index contributed by atoms with van der Waals surface area (Å²) >= 11 is 0. The lowest BCUT2D eigenvalue weighted by atomic mass is 10.1. The molecule has 6 heteroatoms. The van der Waals surface area contributed by atoms with Gasteiger partial charge in [0.25, 0.3) is 0 Å². The van der Waals surface area contributed by atoms with E-state index in [1.807, 2.05) is 51.0 Å². The fraction of sp³-hybridized carbons (Fsp3) is 0.375. The number of carbonyl (C=O) groups is 1. The number of amides is 1. The van der Waals surface area contributed by atoms with Crippen LogP contribution in [0.3, 0.4) is 0 Å². The van der Waals surface area contributed by atoms with E-state index in [1.54, 1.807) is 12.1 Å². The highest BCUT2D eigenvalue weighted by Gasteiger charge is 2.21. The zero-order chi connectivity index (χ0) is 21.7. The van der Waals surface area contributed by atoms with Crippen molar-refractivity contribution in [2.24, 2.45) is 0 Å². The smallest absolute Gasteiger partial charge is 0.244 e. The van der Waals surface area contributed by atoms with Crippen LogP contribution in [0.25, 0.3) is 6.08 Å². The molecule has 0 aliphatic carbocycles. The standard InChI is InChI=1S/C24H29FN2O3/c1-5-29-22-14-19-11-16(2)30-23(19)13-18(22)9-10-24(28)26-15-21(27(3)4)17-7-6-8-20(25)12-17/h6-10,12-14,16,21H,5,11,15H2,1-4H3,(H,26,28)/b10-9+. The summed E-state index contributed by atoms with van der Waals surface area (Å²) in [6, 6.07) is 10.2. The molecule has 0 spiro atoms. The van der Waals surface area contributed by atoms with E-state index in [0.29, 0.717) is 13.2 Å². The number of carbonyl (C=O) groups excluding carboxylic acids is 1. The number of ether oxygens (including phenoxy) is 2. The zero-order valence-corrected chi connectivity index (χ0v) is 17.9. The largest absolute Gasteiger partial charge is 0.493 e. The number of benzene rings is 2. The molecule has 0 aromatic heterocycles. The molecule has 1 heterocycles. The molecular formula is C24H29FN2O3. The van der Waals surface area contributed by atoms with E-state index in [0.717, 1.165) is 34.6 Å².